The lowest BCUT2D eigenvalue weighted by Crippen LogP contribution is -2.40. The third-order valence-corrected chi connectivity index (χ3v) is 4.49. The Bertz CT molecular complexity index is 600. The van der Waals surface area contributed by atoms with Gasteiger partial charge in [-0.3, -0.25) is 0 Å². The van der Waals surface area contributed by atoms with Crippen molar-refractivity contribution in [1.29, 1.82) is 0 Å². The number of benzene rings is 1. The van der Waals surface area contributed by atoms with E-state index in [1.54, 1.807) is 0 Å². The van der Waals surface area contributed by atoms with Gasteiger partial charge >= 0.3 is 0 Å². The van der Waals surface area contributed by atoms with Crippen molar-refractivity contribution >= 4 is 11.6 Å². The molecule has 0 bridgehead atoms. The van der Waals surface area contributed by atoms with Crippen molar-refractivity contribution in [3.8, 4) is 11.4 Å². The molecule has 1 aliphatic rings. The van der Waals surface area contributed by atoms with E-state index in [2.05, 4.69) is 22.4 Å². The van der Waals surface area contributed by atoms with E-state index in [4.69, 9.17) is 16.1 Å². The van der Waals surface area contributed by atoms with Gasteiger partial charge in [-0.2, -0.15) is 4.98 Å². The van der Waals surface area contributed by atoms with Gasteiger partial charge in [-0.1, -0.05) is 42.2 Å². The number of halogens is 1. The lowest BCUT2D eigenvalue weighted by molar-refractivity contribution is 0.208. The van der Waals surface area contributed by atoms with Crippen LogP contribution in [0.1, 0.15) is 38.5 Å². The van der Waals surface area contributed by atoms with Crippen LogP contribution in [-0.2, 0) is 5.41 Å². The Labute approximate surface area is 129 Å². The molecule has 0 amide bonds. The highest BCUT2D eigenvalue weighted by Gasteiger charge is 2.38. The number of nitrogens with one attached hydrogen (secondary N) is 1. The molecular weight excluding hydrogens is 286 g/mol. The first kappa shape index (κ1) is 14.5. The Hall–Kier alpha value is -1.39. The van der Waals surface area contributed by atoms with Crippen molar-refractivity contribution in [3.63, 3.8) is 0 Å². The van der Waals surface area contributed by atoms with Crippen molar-refractivity contribution in [2.24, 2.45) is 0 Å². The fraction of sp³-hybridized carbons (Fsp3) is 0.500. The van der Waals surface area contributed by atoms with Crippen LogP contribution in [0.15, 0.2) is 28.8 Å². The molecule has 1 aromatic carbocycles. The summed E-state index contributed by atoms with van der Waals surface area (Å²) >= 11 is 6.03. The maximum Gasteiger partial charge on any atom is 0.233 e. The molecule has 1 fully saturated rings. The average molecular weight is 306 g/mol. The lowest BCUT2D eigenvalue weighted by Gasteiger charge is -2.34. The van der Waals surface area contributed by atoms with E-state index in [1.807, 2.05) is 24.3 Å². The van der Waals surface area contributed by atoms with Crippen molar-refractivity contribution in [1.82, 2.24) is 15.5 Å². The van der Waals surface area contributed by atoms with Gasteiger partial charge in [0.15, 0.2) is 0 Å². The molecule has 0 radical (unpaired) electrons. The summed E-state index contributed by atoms with van der Waals surface area (Å²) in [7, 11) is 0. The summed E-state index contributed by atoms with van der Waals surface area (Å²) in [4.78, 5) is 4.67. The van der Waals surface area contributed by atoms with Gasteiger partial charge < -0.3 is 9.84 Å². The second-order valence-corrected chi connectivity index (χ2v) is 6.15. The first-order valence-corrected chi connectivity index (χ1v) is 7.92. The van der Waals surface area contributed by atoms with Crippen LogP contribution < -0.4 is 5.32 Å². The minimum absolute atomic E-state index is 0.0316. The summed E-state index contributed by atoms with van der Waals surface area (Å²) in [5, 5.41) is 8.26. The lowest BCUT2D eigenvalue weighted by atomic mass is 9.75. The van der Waals surface area contributed by atoms with Crippen LogP contribution in [0.25, 0.3) is 11.4 Å². The molecule has 0 atom stereocenters. The molecule has 1 N–H and O–H groups in total. The van der Waals surface area contributed by atoms with E-state index >= 15 is 0 Å². The first-order valence-electron chi connectivity index (χ1n) is 7.54. The van der Waals surface area contributed by atoms with E-state index in [-0.39, 0.29) is 5.41 Å². The zero-order chi connectivity index (χ0) is 14.7. The molecule has 21 heavy (non-hydrogen) atoms. The summed E-state index contributed by atoms with van der Waals surface area (Å²) in [5.74, 6) is 1.40. The van der Waals surface area contributed by atoms with E-state index < -0.39 is 0 Å². The third kappa shape index (κ3) is 2.97. The highest BCUT2D eigenvalue weighted by molar-refractivity contribution is 6.30. The van der Waals surface area contributed by atoms with Crippen LogP contribution in [-0.4, -0.2) is 23.2 Å². The van der Waals surface area contributed by atoms with Crippen LogP contribution in [0.5, 0.6) is 0 Å². The summed E-state index contributed by atoms with van der Waals surface area (Å²) < 4.78 is 5.62. The minimum atomic E-state index is 0.0316. The Morgan fingerprint density at radius 3 is 2.86 bits per heavy atom. The molecule has 0 aliphatic carbocycles. The largest absolute Gasteiger partial charge is 0.338 e. The molecule has 4 nitrogen and oxygen atoms in total. The van der Waals surface area contributed by atoms with Crippen LogP contribution in [0.2, 0.25) is 5.02 Å². The average Bonchev–Trinajstić information content (AvgIpc) is 2.99. The number of hydrogen-bond acceptors (Lipinski definition) is 4. The maximum atomic E-state index is 6.03. The van der Waals surface area contributed by atoms with Crippen molar-refractivity contribution in [3.05, 3.63) is 35.2 Å². The fourth-order valence-corrected chi connectivity index (χ4v) is 3.33. The Kier molecular flexibility index (Phi) is 4.27. The predicted octanol–water partition coefficient (Wildman–Crippen LogP) is 3.81. The number of hydrogen-bond donors (Lipinski definition) is 1. The molecule has 2 heterocycles. The van der Waals surface area contributed by atoms with Gasteiger partial charge in [-0.05, 0) is 44.5 Å². The van der Waals surface area contributed by atoms with Gasteiger partial charge in [0.05, 0.1) is 5.41 Å². The van der Waals surface area contributed by atoms with Crippen molar-refractivity contribution in [2.45, 2.75) is 38.0 Å². The zero-order valence-corrected chi connectivity index (χ0v) is 13.0. The van der Waals surface area contributed by atoms with E-state index in [1.165, 1.54) is 0 Å². The number of rotatable bonds is 4. The quantitative estimate of drug-likeness (QED) is 0.933. The van der Waals surface area contributed by atoms with Gasteiger partial charge in [0, 0.05) is 10.6 Å². The smallest absolute Gasteiger partial charge is 0.233 e. The van der Waals surface area contributed by atoms with Crippen LogP contribution >= 0.6 is 11.6 Å². The van der Waals surface area contributed by atoms with Crippen LogP contribution in [0, 0.1) is 0 Å². The molecule has 1 aliphatic heterocycles. The van der Waals surface area contributed by atoms with Crippen LogP contribution in [0.3, 0.4) is 0 Å². The van der Waals surface area contributed by atoms with Crippen LogP contribution in [0.4, 0.5) is 0 Å². The molecule has 3 rings (SSSR count). The molecule has 1 aromatic heterocycles. The second kappa shape index (κ2) is 6.16. The van der Waals surface area contributed by atoms with E-state index in [9.17, 15) is 0 Å². The molecule has 0 unspecified atom stereocenters. The van der Waals surface area contributed by atoms with E-state index in [0.29, 0.717) is 10.8 Å². The fourth-order valence-electron chi connectivity index (χ4n) is 3.14. The van der Waals surface area contributed by atoms with E-state index in [0.717, 1.165) is 50.2 Å². The summed E-state index contributed by atoms with van der Waals surface area (Å²) in [6, 6.07) is 7.57. The molecular formula is C16H20ClN3O. The molecule has 1 saturated heterocycles. The molecule has 0 saturated carbocycles. The van der Waals surface area contributed by atoms with Crippen molar-refractivity contribution < 1.29 is 4.52 Å². The summed E-state index contributed by atoms with van der Waals surface area (Å²) in [5.41, 5.74) is 0.933. The number of piperidine rings is 1. The normalized spacial score (nSPS) is 17.8. The predicted molar refractivity (Wildman–Crippen MR) is 83.4 cm³/mol. The van der Waals surface area contributed by atoms with Gasteiger partial charge in [-0.25, -0.2) is 0 Å². The third-order valence-electron chi connectivity index (χ3n) is 4.25. The van der Waals surface area contributed by atoms with Gasteiger partial charge in [0.25, 0.3) is 0 Å². The zero-order valence-electron chi connectivity index (χ0n) is 12.2. The monoisotopic (exact) mass is 305 g/mol. The molecule has 0 spiro atoms. The molecule has 2 aromatic rings. The summed E-state index contributed by atoms with van der Waals surface area (Å²) in [6.07, 6.45) is 4.32. The highest BCUT2D eigenvalue weighted by atomic mass is 35.5. The minimum Gasteiger partial charge on any atom is -0.338 e. The Balaban J connectivity index is 1.92. The molecule has 5 heteroatoms. The van der Waals surface area contributed by atoms with Gasteiger partial charge in [0.2, 0.25) is 11.7 Å². The van der Waals surface area contributed by atoms with Gasteiger partial charge in [-0.15, -0.1) is 0 Å². The second-order valence-electron chi connectivity index (χ2n) is 5.71. The number of nitrogens with zero attached hydrogens (tertiary/aromatic N) is 2. The Morgan fingerprint density at radius 2 is 2.14 bits per heavy atom. The summed E-state index contributed by atoms with van der Waals surface area (Å²) in [6.45, 7) is 4.22. The number of aromatic nitrogens is 2. The standard InChI is InChI=1S/C16H20ClN3O/c1-2-6-16(7-9-18-10-8-16)15-19-14(20-21-15)12-4-3-5-13(17)11-12/h3-5,11,18H,2,6-10H2,1H3. The SMILES string of the molecule is CCCC1(c2nc(-c3cccc(Cl)c3)no2)CCNCC1. The topological polar surface area (TPSA) is 51.0 Å². The highest BCUT2D eigenvalue weighted by Crippen LogP contribution is 2.37. The Morgan fingerprint density at radius 1 is 1.33 bits per heavy atom. The molecule has 112 valence electrons. The first-order chi connectivity index (χ1) is 10.2. The maximum absolute atomic E-state index is 6.03. The van der Waals surface area contributed by atoms with Crippen molar-refractivity contribution in [2.75, 3.05) is 13.1 Å². The van der Waals surface area contributed by atoms with Gasteiger partial charge in [0.1, 0.15) is 0 Å².